The third-order valence-corrected chi connectivity index (χ3v) is 3.32. The van der Waals surface area contributed by atoms with Crippen LogP contribution < -0.4 is 4.74 Å². The van der Waals surface area contributed by atoms with Gasteiger partial charge in [-0.25, -0.2) is 0 Å². The first-order chi connectivity index (χ1) is 9.22. The van der Waals surface area contributed by atoms with Crippen molar-refractivity contribution < 1.29 is 14.3 Å². The highest BCUT2D eigenvalue weighted by Gasteiger charge is 2.37. The van der Waals surface area contributed by atoms with E-state index in [1.54, 1.807) is 0 Å². The van der Waals surface area contributed by atoms with Crippen LogP contribution >= 0.6 is 0 Å². The molecule has 1 fully saturated rings. The van der Waals surface area contributed by atoms with Crippen LogP contribution in [0.15, 0.2) is 35.3 Å². The Balaban J connectivity index is 1.60. The maximum absolute atomic E-state index is 11.4. The molecule has 1 aromatic rings. The summed E-state index contributed by atoms with van der Waals surface area (Å²) in [6.07, 6.45) is 0.381. The zero-order chi connectivity index (χ0) is 13.2. The molecule has 0 aliphatic carbocycles. The zero-order valence-electron chi connectivity index (χ0n) is 10.8. The number of carbonyl (C=O) groups is 1. The highest BCUT2D eigenvalue weighted by molar-refractivity contribution is 5.94. The molecule has 0 aromatic heterocycles. The quantitative estimate of drug-likeness (QED) is 0.825. The fourth-order valence-corrected chi connectivity index (χ4v) is 2.32. The van der Waals surface area contributed by atoms with Crippen LogP contribution in [0.3, 0.4) is 0 Å². The van der Waals surface area contributed by atoms with Gasteiger partial charge in [0.15, 0.2) is 6.10 Å². The van der Waals surface area contributed by atoms with Crippen LogP contribution in [0, 0.1) is 0 Å². The van der Waals surface area contributed by atoms with Gasteiger partial charge in [0.2, 0.25) is 0 Å². The fourth-order valence-electron chi connectivity index (χ4n) is 2.32. The largest absolute Gasteiger partial charge is 0.490 e. The molecule has 2 aliphatic rings. The number of para-hydroxylation sites is 1. The molecule has 1 aromatic carbocycles. The smallest absolute Gasteiger partial charge is 0.296 e. The van der Waals surface area contributed by atoms with Crippen molar-refractivity contribution in [2.24, 2.45) is 4.99 Å². The van der Waals surface area contributed by atoms with Crippen LogP contribution in [0.4, 0.5) is 0 Å². The molecule has 5 heteroatoms. The highest BCUT2D eigenvalue weighted by atomic mass is 16.6. The van der Waals surface area contributed by atoms with Crippen molar-refractivity contribution in [3.05, 3.63) is 30.3 Å². The van der Waals surface area contributed by atoms with Gasteiger partial charge in [0, 0.05) is 12.5 Å². The van der Waals surface area contributed by atoms with E-state index in [0.29, 0.717) is 19.0 Å². The van der Waals surface area contributed by atoms with Crippen LogP contribution in [-0.4, -0.2) is 42.1 Å². The maximum Gasteiger partial charge on any atom is 0.296 e. The number of fused-ring (bicyclic) bond motifs is 1. The van der Waals surface area contributed by atoms with Crippen molar-refractivity contribution in [1.82, 2.24) is 4.90 Å². The molecule has 2 aliphatic heterocycles. The van der Waals surface area contributed by atoms with Crippen LogP contribution in [-0.2, 0) is 9.53 Å². The van der Waals surface area contributed by atoms with Crippen molar-refractivity contribution in [3.8, 4) is 5.75 Å². The van der Waals surface area contributed by atoms with Gasteiger partial charge in [0.05, 0.1) is 6.54 Å². The van der Waals surface area contributed by atoms with E-state index in [9.17, 15) is 4.79 Å². The van der Waals surface area contributed by atoms with E-state index in [1.807, 2.05) is 42.2 Å². The molecule has 5 nitrogen and oxygen atoms in total. The number of benzene rings is 1. The lowest BCUT2D eigenvalue weighted by molar-refractivity contribution is -0.119. The SMILES string of the molecule is CC1CC(=O)N=C2OC(COc3ccccc3)CN21. The van der Waals surface area contributed by atoms with Gasteiger partial charge in [0.1, 0.15) is 12.4 Å². The number of rotatable bonds is 3. The molecule has 100 valence electrons. The predicted molar refractivity (Wildman–Crippen MR) is 70.0 cm³/mol. The van der Waals surface area contributed by atoms with Crippen molar-refractivity contribution in [3.63, 3.8) is 0 Å². The lowest BCUT2D eigenvalue weighted by atomic mass is 10.2. The second kappa shape index (κ2) is 4.91. The standard InChI is InChI=1S/C14H16N2O3/c1-10-7-13(17)15-14-16(10)8-12(19-14)9-18-11-5-3-2-4-6-11/h2-6,10,12H,7-9H2,1H3. The number of carbonyl (C=O) groups excluding carboxylic acids is 1. The summed E-state index contributed by atoms with van der Waals surface area (Å²) in [7, 11) is 0. The Morgan fingerprint density at radius 1 is 1.42 bits per heavy atom. The number of amides is 1. The van der Waals surface area contributed by atoms with Gasteiger partial charge in [-0.2, -0.15) is 4.99 Å². The number of amidine groups is 1. The van der Waals surface area contributed by atoms with Crippen LogP contribution in [0.25, 0.3) is 0 Å². The molecule has 1 saturated heterocycles. The van der Waals surface area contributed by atoms with Gasteiger partial charge >= 0.3 is 0 Å². The minimum Gasteiger partial charge on any atom is -0.490 e. The Labute approximate surface area is 111 Å². The predicted octanol–water partition coefficient (Wildman–Crippen LogP) is 1.44. The molecule has 2 heterocycles. The number of aliphatic imine (C=N–C) groups is 1. The average molecular weight is 260 g/mol. The summed E-state index contributed by atoms with van der Waals surface area (Å²) >= 11 is 0. The fraction of sp³-hybridized carbons (Fsp3) is 0.429. The molecule has 0 radical (unpaired) electrons. The first-order valence-electron chi connectivity index (χ1n) is 6.45. The Bertz CT molecular complexity index is 501. The maximum atomic E-state index is 11.4. The first-order valence-corrected chi connectivity index (χ1v) is 6.45. The molecule has 0 bridgehead atoms. The summed E-state index contributed by atoms with van der Waals surface area (Å²) in [5, 5.41) is 0. The van der Waals surface area contributed by atoms with Gasteiger partial charge in [-0.1, -0.05) is 18.2 Å². The summed E-state index contributed by atoms with van der Waals surface area (Å²) in [6.45, 7) is 3.19. The molecule has 0 spiro atoms. The summed E-state index contributed by atoms with van der Waals surface area (Å²) in [5.74, 6) is 0.713. The van der Waals surface area contributed by atoms with Crippen LogP contribution in [0.2, 0.25) is 0 Å². The zero-order valence-corrected chi connectivity index (χ0v) is 10.8. The minimum absolute atomic E-state index is 0.0766. The van der Waals surface area contributed by atoms with Crippen molar-refractivity contribution in [2.75, 3.05) is 13.2 Å². The third kappa shape index (κ3) is 2.54. The van der Waals surface area contributed by atoms with Crippen LogP contribution in [0.1, 0.15) is 13.3 Å². The van der Waals surface area contributed by atoms with Crippen molar-refractivity contribution in [1.29, 1.82) is 0 Å². The van der Waals surface area contributed by atoms with E-state index >= 15 is 0 Å². The number of ether oxygens (including phenoxy) is 2. The van der Waals surface area contributed by atoms with Gasteiger partial charge in [-0.15, -0.1) is 0 Å². The van der Waals surface area contributed by atoms with E-state index in [-0.39, 0.29) is 18.1 Å². The Morgan fingerprint density at radius 2 is 2.21 bits per heavy atom. The van der Waals surface area contributed by atoms with E-state index in [0.717, 1.165) is 12.3 Å². The number of hydrogen-bond donors (Lipinski definition) is 0. The van der Waals surface area contributed by atoms with Crippen molar-refractivity contribution >= 4 is 11.9 Å². The molecular weight excluding hydrogens is 244 g/mol. The molecule has 2 unspecified atom stereocenters. The lowest BCUT2D eigenvalue weighted by Gasteiger charge is -2.25. The van der Waals surface area contributed by atoms with Crippen molar-refractivity contribution in [2.45, 2.75) is 25.5 Å². The van der Waals surface area contributed by atoms with Gasteiger partial charge in [-0.3, -0.25) is 4.79 Å². The number of hydrogen-bond acceptors (Lipinski definition) is 4. The monoisotopic (exact) mass is 260 g/mol. The molecule has 1 amide bonds. The minimum atomic E-state index is -0.108. The topological polar surface area (TPSA) is 51.1 Å². The molecule has 2 atom stereocenters. The number of nitrogens with zero attached hydrogens (tertiary/aromatic N) is 2. The summed E-state index contributed by atoms with van der Waals surface area (Å²) in [5.41, 5.74) is 0. The van der Waals surface area contributed by atoms with Crippen LogP contribution in [0.5, 0.6) is 5.75 Å². The first kappa shape index (κ1) is 12.0. The Morgan fingerprint density at radius 3 is 3.00 bits per heavy atom. The summed E-state index contributed by atoms with van der Waals surface area (Å²) in [4.78, 5) is 17.3. The molecule has 0 saturated carbocycles. The summed E-state index contributed by atoms with van der Waals surface area (Å²) in [6, 6.07) is 10.2. The lowest BCUT2D eigenvalue weighted by Crippen LogP contribution is -2.40. The molecule has 0 N–H and O–H groups in total. The third-order valence-electron chi connectivity index (χ3n) is 3.32. The highest BCUT2D eigenvalue weighted by Crippen LogP contribution is 2.22. The van der Waals surface area contributed by atoms with E-state index in [4.69, 9.17) is 9.47 Å². The average Bonchev–Trinajstić information content (AvgIpc) is 2.81. The van der Waals surface area contributed by atoms with Gasteiger partial charge in [0.25, 0.3) is 11.9 Å². The van der Waals surface area contributed by atoms with E-state index in [1.165, 1.54) is 0 Å². The van der Waals surface area contributed by atoms with E-state index in [2.05, 4.69) is 4.99 Å². The Kier molecular flexibility index (Phi) is 3.11. The second-order valence-corrected chi connectivity index (χ2v) is 4.86. The second-order valence-electron chi connectivity index (χ2n) is 4.86. The summed E-state index contributed by atoms with van der Waals surface area (Å²) < 4.78 is 11.3. The molecular formula is C14H16N2O3. The van der Waals surface area contributed by atoms with Gasteiger partial charge < -0.3 is 14.4 Å². The molecule has 19 heavy (non-hydrogen) atoms. The van der Waals surface area contributed by atoms with E-state index < -0.39 is 0 Å². The normalized spacial score (nSPS) is 25.6. The molecule has 3 rings (SSSR count). The van der Waals surface area contributed by atoms with Gasteiger partial charge in [-0.05, 0) is 19.1 Å². The Hall–Kier alpha value is -2.04.